The summed E-state index contributed by atoms with van der Waals surface area (Å²) in [5.74, 6) is 0.408. The fourth-order valence-electron chi connectivity index (χ4n) is 2.57. The number of rotatable bonds is 6. The summed E-state index contributed by atoms with van der Waals surface area (Å²) in [6.07, 6.45) is 0. The van der Waals surface area contributed by atoms with Gasteiger partial charge in [0.25, 0.3) is 5.91 Å². The van der Waals surface area contributed by atoms with E-state index in [1.807, 2.05) is 36.4 Å². The van der Waals surface area contributed by atoms with Crippen molar-refractivity contribution in [2.75, 3.05) is 23.7 Å². The Bertz CT molecular complexity index is 940. The van der Waals surface area contributed by atoms with E-state index in [9.17, 15) is 9.59 Å². The fraction of sp³-hybridized carbons (Fsp3) is 0.150. The zero-order valence-electron chi connectivity index (χ0n) is 14.5. The van der Waals surface area contributed by atoms with Gasteiger partial charge in [0.15, 0.2) is 0 Å². The number of hydrogen-bond acceptors (Lipinski definition) is 4. The number of hydrogen-bond donors (Lipinski definition) is 3. The minimum atomic E-state index is -0.189. The summed E-state index contributed by atoms with van der Waals surface area (Å²) in [4.78, 5) is 27.8. The number of anilines is 2. The predicted molar refractivity (Wildman–Crippen MR) is 103 cm³/mol. The maximum absolute atomic E-state index is 12.2. The van der Waals surface area contributed by atoms with Crippen molar-refractivity contribution >= 4 is 34.2 Å². The lowest BCUT2D eigenvalue weighted by molar-refractivity contribution is -0.114. The van der Waals surface area contributed by atoms with Crippen LogP contribution in [0.25, 0.3) is 10.9 Å². The van der Waals surface area contributed by atoms with Gasteiger partial charge in [-0.2, -0.15) is 0 Å². The molecule has 0 saturated heterocycles. The van der Waals surface area contributed by atoms with Gasteiger partial charge in [-0.25, -0.2) is 4.98 Å². The molecule has 0 saturated carbocycles. The number of benzene rings is 2. The average molecular weight is 348 g/mol. The lowest BCUT2D eigenvalue weighted by Gasteiger charge is -2.09. The van der Waals surface area contributed by atoms with Crippen molar-refractivity contribution in [2.24, 2.45) is 0 Å². The number of amides is 2. The average Bonchev–Trinajstić information content (AvgIpc) is 2.64. The zero-order chi connectivity index (χ0) is 18.4. The number of para-hydroxylation sites is 1. The Kier molecular flexibility index (Phi) is 5.43. The Morgan fingerprint density at radius 1 is 0.962 bits per heavy atom. The molecule has 0 spiro atoms. The lowest BCUT2D eigenvalue weighted by atomic mass is 10.2. The van der Waals surface area contributed by atoms with Crippen molar-refractivity contribution in [3.8, 4) is 0 Å². The molecule has 26 heavy (non-hydrogen) atoms. The maximum atomic E-state index is 12.2. The van der Waals surface area contributed by atoms with Crippen molar-refractivity contribution in [2.45, 2.75) is 6.92 Å². The van der Waals surface area contributed by atoms with Gasteiger partial charge in [0.1, 0.15) is 5.82 Å². The van der Waals surface area contributed by atoms with Crippen LogP contribution in [0.15, 0.2) is 60.7 Å². The van der Waals surface area contributed by atoms with Crippen LogP contribution in [0.5, 0.6) is 0 Å². The minimum Gasteiger partial charge on any atom is -0.368 e. The third-order valence-electron chi connectivity index (χ3n) is 3.76. The summed E-state index contributed by atoms with van der Waals surface area (Å²) in [5.41, 5.74) is 2.03. The first-order chi connectivity index (χ1) is 12.6. The first-order valence-electron chi connectivity index (χ1n) is 8.37. The van der Waals surface area contributed by atoms with E-state index >= 15 is 0 Å². The summed E-state index contributed by atoms with van der Waals surface area (Å²) in [6.45, 7) is 2.44. The van der Waals surface area contributed by atoms with Crippen LogP contribution in [0.3, 0.4) is 0 Å². The molecule has 132 valence electrons. The van der Waals surface area contributed by atoms with Crippen LogP contribution in [0, 0.1) is 0 Å². The third-order valence-corrected chi connectivity index (χ3v) is 3.76. The third kappa shape index (κ3) is 4.57. The summed E-state index contributed by atoms with van der Waals surface area (Å²) in [7, 11) is 0. The summed E-state index contributed by atoms with van der Waals surface area (Å²) < 4.78 is 0. The molecule has 3 N–H and O–H groups in total. The van der Waals surface area contributed by atoms with Crippen LogP contribution in [0.4, 0.5) is 11.5 Å². The van der Waals surface area contributed by atoms with Crippen molar-refractivity contribution in [1.82, 2.24) is 10.3 Å². The molecule has 3 aromatic rings. The number of aromatic nitrogens is 1. The standard InChI is InChI=1S/C20H20N4O2/c1-14(25)23-17-7-4-6-16(13-17)20(26)22-12-11-21-19-10-9-15-5-2-3-8-18(15)24-19/h2-10,13H,11-12H2,1H3,(H,21,24)(H,22,26)(H,23,25). The van der Waals surface area contributed by atoms with Gasteiger partial charge in [0.05, 0.1) is 5.52 Å². The largest absolute Gasteiger partial charge is 0.368 e. The van der Waals surface area contributed by atoms with E-state index < -0.39 is 0 Å². The Labute approximate surface area is 151 Å². The molecule has 0 aliphatic rings. The normalized spacial score (nSPS) is 10.3. The second-order valence-corrected chi connectivity index (χ2v) is 5.83. The highest BCUT2D eigenvalue weighted by Crippen LogP contribution is 2.14. The molecule has 0 aliphatic carbocycles. The van der Waals surface area contributed by atoms with Crippen LogP contribution >= 0.6 is 0 Å². The van der Waals surface area contributed by atoms with E-state index in [0.717, 1.165) is 16.7 Å². The Balaban J connectivity index is 1.51. The van der Waals surface area contributed by atoms with Crippen LogP contribution in [0.2, 0.25) is 0 Å². The molecule has 0 atom stereocenters. The number of fused-ring (bicyclic) bond motifs is 1. The summed E-state index contributed by atoms with van der Waals surface area (Å²) >= 11 is 0. The van der Waals surface area contributed by atoms with Crippen LogP contribution in [0.1, 0.15) is 17.3 Å². The van der Waals surface area contributed by atoms with Gasteiger partial charge < -0.3 is 16.0 Å². The quantitative estimate of drug-likeness (QED) is 0.598. The van der Waals surface area contributed by atoms with E-state index in [0.29, 0.717) is 24.3 Å². The van der Waals surface area contributed by atoms with E-state index in [2.05, 4.69) is 20.9 Å². The molecule has 6 nitrogen and oxygen atoms in total. The molecule has 0 aliphatic heterocycles. The first-order valence-corrected chi connectivity index (χ1v) is 8.37. The lowest BCUT2D eigenvalue weighted by Crippen LogP contribution is -2.29. The Morgan fingerprint density at radius 2 is 1.81 bits per heavy atom. The summed E-state index contributed by atoms with van der Waals surface area (Å²) in [5, 5.41) is 9.80. The number of nitrogens with one attached hydrogen (secondary N) is 3. The second kappa shape index (κ2) is 8.11. The van der Waals surface area contributed by atoms with Crippen molar-refractivity contribution < 1.29 is 9.59 Å². The van der Waals surface area contributed by atoms with E-state index in [-0.39, 0.29) is 11.8 Å². The Morgan fingerprint density at radius 3 is 2.65 bits per heavy atom. The van der Waals surface area contributed by atoms with Gasteiger partial charge in [-0.05, 0) is 36.4 Å². The molecule has 2 aromatic carbocycles. The molecule has 0 unspecified atom stereocenters. The highest BCUT2D eigenvalue weighted by molar-refractivity contribution is 5.96. The second-order valence-electron chi connectivity index (χ2n) is 5.83. The molecule has 1 heterocycles. The van der Waals surface area contributed by atoms with E-state index in [1.54, 1.807) is 24.3 Å². The van der Waals surface area contributed by atoms with Gasteiger partial charge in [0.2, 0.25) is 5.91 Å². The molecule has 0 bridgehead atoms. The number of carbonyl (C=O) groups is 2. The van der Waals surface area contributed by atoms with Crippen molar-refractivity contribution in [3.63, 3.8) is 0 Å². The minimum absolute atomic E-state index is 0.172. The number of pyridine rings is 1. The number of nitrogens with zero attached hydrogens (tertiary/aromatic N) is 1. The topological polar surface area (TPSA) is 83.1 Å². The smallest absolute Gasteiger partial charge is 0.251 e. The van der Waals surface area contributed by atoms with E-state index in [1.165, 1.54) is 6.92 Å². The molecular formula is C20H20N4O2. The highest BCUT2D eigenvalue weighted by Gasteiger charge is 2.06. The fourth-order valence-corrected chi connectivity index (χ4v) is 2.57. The predicted octanol–water partition coefficient (Wildman–Crippen LogP) is 3.04. The number of carbonyl (C=O) groups excluding carboxylic acids is 2. The van der Waals surface area contributed by atoms with Crippen molar-refractivity contribution in [1.29, 1.82) is 0 Å². The molecule has 0 radical (unpaired) electrons. The first kappa shape index (κ1) is 17.4. The maximum Gasteiger partial charge on any atom is 0.251 e. The molecule has 2 amide bonds. The molecular weight excluding hydrogens is 328 g/mol. The van der Waals surface area contributed by atoms with Crippen LogP contribution in [-0.4, -0.2) is 29.9 Å². The van der Waals surface area contributed by atoms with Gasteiger partial charge in [-0.1, -0.05) is 24.3 Å². The van der Waals surface area contributed by atoms with Crippen LogP contribution in [-0.2, 0) is 4.79 Å². The van der Waals surface area contributed by atoms with Gasteiger partial charge in [-0.3, -0.25) is 9.59 Å². The van der Waals surface area contributed by atoms with Crippen LogP contribution < -0.4 is 16.0 Å². The molecule has 3 rings (SSSR count). The van der Waals surface area contributed by atoms with E-state index in [4.69, 9.17) is 0 Å². The molecule has 1 aromatic heterocycles. The van der Waals surface area contributed by atoms with Gasteiger partial charge in [-0.15, -0.1) is 0 Å². The van der Waals surface area contributed by atoms with Gasteiger partial charge >= 0.3 is 0 Å². The van der Waals surface area contributed by atoms with Gasteiger partial charge in [0, 0.05) is 36.7 Å². The molecule has 6 heteroatoms. The monoisotopic (exact) mass is 348 g/mol. The molecule has 0 fully saturated rings. The highest BCUT2D eigenvalue weighted by atomic mass is 16.2. The Hall–Kier alpha value is -3.41. The van der Waals surface area contributed by atoms with Crippen molar-refractivity contribution in [3.05, 3.63) is 66.2 Å². The summed E-state index contributed by atoms with van der Waals surface area (Å²) in [6, 6.07) is 18.7. The zero-order valence-corrected chi connectivity index (χ0v) is 14.5. The SMILES string of the molecule is CC(=O)Nc1cccc(C(=O)NCCNc2ccc3ccccc3n2)c1.